The van der Waals surface area contributed by atoms with Crippen molar-refractivity contribution in [3.63, 3.8) is 0 Å². The predicted molar refractivity (Wildman–Crippen MR) is 410 cm³/mol. The molecule has 0 bridgehead atoms. The molecule has 4 aromatic heterocycles. The highest BCUT2D eigenvalue weighted by atomic mass is 15.1. The van der Waals surface area contributed by atoms with Gasteiger partial charge in [0.25, 0.3) is 0 Å². The fourth-order valence-electron chi connectivity index (χ4n) is 14.1. The molecular formula is C90H93N9. The van der Waals surface area contributed by atoms with Crippen LogP contribution in [0.4, 0.5) is 0 Å². The first-order chi connectivity index (χ1) is 48.0. The maximum Gasteiger partial charge on any atom is 0.144 e. The van der Waals surface area contributed by atoms with Gasteiger partial charge in [0.15, 0.2) is 0 Å². The number of benzene rings is 9. The molecule has 9 heteroatoms. The van der Waals surface area contributed by atoms with Crippen molar-refractivity contribution >= 4 is 0 Å². The normalized spacial score (nSPS) is 11.8. The average molecular weight is 1300 g/mol. The lowest BCUT2D eigenvalue weighted by Gasteiger charge is -2.23. The van der Waals surface area contributed by atoms with Crippen molar-refractivity contribution in [2.45, 2.75) is 157 Å². The van der Waals surface area contributed by atoms with E-state index in [-0.39, 0.29) is 0 Å². The lowest BCUT2D eigenvalue weighted by Crippen LogP contribution is -2.11. The van der Waals surface area contributed by atoms with Crippen LogP contribution in [0.5, 0.6) is 0 Å². The Morgan fingerprint density at radius 1 is 0.242 bits per heavy atom. The molecule has 0 unspecified atom stereocenters. The van der Waals surface area contributed by atoms with Crippen LogP contribution in [0, 0.1) is 0 Å². The second kappa shape index (κ2) is 29.8. The summed E-state index contributed by atoms with van der Waals surface area (Å²) in [6.45, 7) is 27.5. The maximum atomic E-state index is 5.23. The van der Waals surface area contributed by atoms with Gasteiger partial charge in [-0.1, -0.05) is 247 Å². The van der Waals surface area contributed by atoms with E-state index in [1.807, 2.05) is 18.6 Å². The molecule has 0 N–H and O–H groups in total. The summed E-state index contributed by atoms with van der Waals surface area (Å²) in [5, 5.41) is 0. The fourth-order valence-corrected chi connectivity index (χ4v) is 14.1. The molecule has 0 radical (unpaired) electrons. The summed E-state index contributed by atoms with van der Waals surface area (Å²) >= 11 is 0. The van der Waals surface area contributed by atoms with Gasteiger partial charge in [-0.2, -0.15) is 0 Å². The van der Waals surface area contributed by atoms with Gasteiger partial charge < -0.3 is 0 Å². The molecular weight excluding hydrogens is 1210 g/mol. The van der Waals surface area contributed by atoms with E-state index >= 15 is 0 Å². The van der Waals surface area contributed by atoms with Gasteiger partial charge in [0.1, 0.15) is 34.9 Å². The number of aryl methyl sites for hydroxylation is 6. The predicted octanol–water partition coefficient (Wildman–Crippen LogP) is 22.5. The van der Waals surface area contributed by atoms with Crippen molar-refractivity contribution < 1.29 is 0 Å². The highest BCUT2D eigenvalue weighted by Gasteiger charge is 2.25. The van der Waals surface area contributed by atoms with Crippen molar-refractivity contribution in [2.75, 3.05) is 0 Å². The lowest BCUT2D eigenvalue weighted by atomic mass is 9.88. The van der Waals surface area contributed by atoms with Gasteiger partial charge in [0.2, 0.25) is 0 Å². The van der Waals surface area contributed by atoms with Crippen LogP contribution in [0.2, 0.25) is 0 Å². The molecule has 0 saturated heterocycles. The Hall–Kier alpha value is -10.4. The first-order valence-electron chi connectivity index (χ1n) is 35.8. The van der Waals surface area contributed by atoms with Crippen LogP contribution in [0.25, 0.3) is 84.6 Å². The minimum atomic E-state index is 0.304. The second-order valence-corrected chi connectivity index (χ2v) is 28.6. The van der Waals surface area contributed by atoms with Crippen LogP contribution >= 0.6 is 0 Å². The molecule has 0 amide bonds. The highest BCUT2D eigenvalue weighted by Crippen LogP contribution is 2.42. The summed E-state index contributed by atoms with van der Waals surface area (Å²) in [5.41, 5.74) is 25.8. The van der Waals surface area contributed by atoms with Gasteiger partial charge in [-0.15, -0.1) is 0 Å². The molecule has 0 aliphatic carbocycles. The maximum absolute atomic E-state index is 5.23. The molecule has 0 atom stereocenters. The molecule has 0 aliphatic heterocycles. The standard InChI is InChI=1S/C90H93N9/c1-58(2)76-52-73(67-22-16-13-17-23-67)53-77(59(3)4)85(76)97-49-46-91-88(97)70-37-28-64(29-38-70)34-43-82-94-83(44-35-65-30-39-71(40-31-65)89-92-47-50-98(89)86-78(60(5)6)54-74(55-79(86)61(7)8)68-24-18-14-19-25-68)96-84(95-82)45-36-66-32-41-72(42-33-66)90-93-48-51-99(90)87-80(62(9)10)56-75(57-81(87)63(11)12)69-26-20-15-21-27-69/h13-33,37-42,46-63H,34-36,43-45H2,1-12H3. The van der Waals surface area contributed by atoms with Gasteiger partial charge in [-0.3, -0.25) is 13.7 Å². The number of nitrogens with zero attached hydrogens (tertiary/aromatic N) is 9. The zero-order valence-corrected chi connectivity index (χ0v) is 59.7. The fraction of sp³-hybridized carbons (Fsp3) is 0.267. The first kappa shape index (κ1) is 67.2. The molecule has 13 aromatic rings. The van der Waals surface area contributed by atoms with Crippen molar-refractivity contribution in [2.24, 2.45) is 0 Å². The Morgan fingerprint density at radius 2 is 0.465 bits per heavy atom. The Kier molecular flexibility index (Phi) is 20.2. The van der Waals surface area contributed by atoms with E-state index in [0.29, 0.717) is 54.8 Å². The summed E-state index contributed by atoms with van der Waals surface area (Å²) in [6.07, 6.45) is 16.6. The van der Waals surface area contributed by atoms with E-state index in [1.54, 1.807) is 0 Å². The van der Waals surface area contributed by atoms with Crippen molar-refractivity contribution in [1.29, 1.82) is 0 Å². The van der Waals surface area contributed by atoms with E-state index in [1.165, 1.54) is 101 Å². The van der Waals surface area contributed by atoms with E-state index in [9.17, 15) is 0 Å². The van der Waals surface area contributed by atoms with E-state index in [0.717, 1.165) is 70.9 Å². The molecule has 0 aliphatic rings. The number of hydrogen-bond donors (Lipinski definition) is 0. The SMILES string of the molecule is CC(C)c1cc(-c2ccccc2)cc(C(C)C)c1-n1ccnc1-c1ccc(CCc2nc(CCc3ccc(-c4nccn4-c4c(C(C)C)cc(-c5ccccc5)cc4C(C)C)cc3)nc(CCc3ccc(-c4nccn4-c4c(C(C)C)cc(-c5ccccc5)cc4C(C)C)cc3)n2)cc1. The second-order valence-electron chi connectivity index (χ2n) is 28.6. The topological polar surface area (TPSA) is 92.1 Å². The van der Waals surface area contributed by atoms with E-state index in [2.05, 4.69) is 316 Å². The molecule has 9 aromatic carbocycles. The minimum absolute atomic E-state index is 0.304. The van der Waals surface area contributed by atoms with Crippen LogP contribution < -0.4 is 0 Å². The third kappa shape index (κ3) is 14.8. The Bertz CT molecular complexity index is 4280. The van der Waals surface area contributed by atoms with Gasteiger partial charge in [0.05, 0.1) is 17.1 Å². The zero-order valence-electron chi connectivity index (χ0n) is 59.7. The Labute approximate surface area is 586 Å². The lowest BCUT2D eigenvalue weighted by molar-refractivity contribution is 0.721. The zero-order chi connectivity index (χ0) is 68.8. The summed E-state index contributed by atoms with van der Waals surface area (Å²) in [4.78, 5) is 30.7. The Balaban J connectivity index is 0.763. The third-order valence-corrected chi connectivity index (χ3v) is 19.5. The third-order valence-electron chi connectivity index (χ3n) is 19.5. The molecule has 99 heavy (non-hydrogen) atoms. The number of imidazole rings is 3. The summed E-state index contributed by atoms with van der Waals surface area (Å²) < 4.78 is 6.93. The summed E-state index contributed by atoms with van der Waals surface area (Å²) in [5.74, 6) is 7.07. The van der Waals surface area contributed by atoms with Crippen LogP contribution in [0.15, 0.2) is 237 Å². The Morgan fingerprint density at radius 3 is 0.677 bits per heavy atom. The minimum Gasteiger partial charge on any atom is -0.299 e. The van der Waals surface area contributed by atoms with Crippen LogP contribution in [-0.4, -0.2) is 43.6 Å². The smallest absolute Gasteiger partial charge is 0.144 e. The van der Waals surface area contributed by atoms with Crippen molar-refractivity contribution in [3.05, 3.63) is 305 Å². The van der Waals surface area contributed by atoms with Gasteiger partial charge in [-0.25, -0.2) is 29.9 Å². The molecule has 498 valence electrons. The molecule has 0 saturated carbocycles. The van der Waals surface area contributed by atoms with Crippen molar-refractivity contribution in [3.8, 4) is 84.6 Å². The van der Waals surface area contributed by atoms with Crippen molar-refractivity contribution in [1.82, 2.24) is 43.6 Å². The number of hydrogen-bond acceptors (Lipinski definition) is 6. The van der Waals surface area contributed by atoms with Gasteiger partial charge >= 0.3 is 0 Å². The van der Waals surface area contributed by atoms with Crippen LogP contribution in [-0.2, 0) is 38.5 Å². The van der Waals surface area contributed by atoms with Gasteiger partial charge in [-0.05, 0) is 175 Å². The average Bonchev–Trinajstić information content (AvgIpc) is 1.76. The summed E-state index contributed by atoms with van der Waals surface area (Å²) in [7, 11) is 0. The molecule has 9 nitrogen and oxygen atoms in total. The molecule has 0 spiro atoms. The first-order valence-corrected chi connectivity index (χ1v) is 35.8. The largest absolute Gasteiger partial charge is 0.299 e. The molecule has 0 fully saturated rings. The van der Waals surface area contributed by atoms with E-state index < -0.39 is 0 Å². The van der Waals surface area contributed by atoms with E-state index in [4.69, 9.17) is 29.9 Å². The number of rotatable bonds is 24. The monoisotopic (exact) mass is 1300 g/mol. The molecule has 4 heterocycles. The van der Waals surface area contributed by atoms with Gasteiger partial charge in [0, 0.05) is 73.1 Å². The quantitative estimate of drug-likeness (QED) is 0.0598. The number of aromatic nitrogens is 9. The highest BCUT2D eigenvalue weighted by molar-refractivity contribution is 5.75. The molecule has 13 rings (SSSR count). The van der Waals surface area contributed by atoms with Crippen LogP contribution in [0.3, 0.4) is 0 Å². The van der Waals surface area contributed by atoms with Crippen LogP contribution in [0.1, 0.15) is 186 Å². The summed E-state index contributed by atoms with van der Waals surface area (Å²) in [6, 6.07) is 73.3.